The van der Waals surface area contributed by atoms with Crippen LogP contribution in [0.1, 0.15) is 63.6 Å². The van der Waals surface area contributed by atoms with Crippen molar-refractivity contribution in [2.24, 2.45) is 0 Å². The van der Waals surface area contributed by atoms with Crippen LogP contribution in [0.15, 0.2) is 48.5 Å². The molecule has 2 aromatic rings. The van der Waals surface area contributed by atoms with E-state index in [-0.39, 0.29) is 17.9 Å². The molecule has 5 nitrogen and oxygen atoms in total. The first kappa shape index (κ1) is 25.4. The molecule has 2 rings (SSSR count). The summed E-state index contributed by atoms with van der Waals surface area (Å²) in [5, 5.41) is 3.05. The number of carbonyl (C=O) groups is 2. The maximum absolute atomic E-state index is 13.3. The van der Waals surface area contributed by atoms with Crippen LogP contribution in [-0.4, -0.2) is 35.9 Å². The van der Waals surface area contributed by atoms with Crippen molar-refractivity contribution in [2.45, 2.75) is 78.4 Å². The zero-order valence-electron chi connectivity index (χ0n) is 20.2. The molecule has 0 aliphatic carbocycles. The number of hydrogen-bond acceptors (Lipinski definition) is 3. The minimum absolute atomic E-state index is 0.00784. The van der Waals surface area contributed by atoms with Gasteiger partial charge in [0.2, 0.25) is 11.8 Å². The van der Waals surface area contributed by atoms with E-state index in [4.69, 9.17) is 4.74 Å². The van der Waals surface area contributed by atoms with E-state index in [1.807, 2.05) is 45.0 Å². The molecule has 1 N–H and O–H groups in total. The predicted molar refractivity (Wildman–Crippen MR) is 130 cm³/mol. The topological polar surface area (TPSA) is 58.6 Å². The highest BCUT2D eigenvalue weighted by molar-refractivity contribution is 5.87. The van der Waals surface area contributed by atoms with Gasteiger partial charge in [-0.1, -0.05) is 57.2 Å². The van der Waals surface area contributed by atoms with Crippen LogP contribution in [0.25, 0.3) is 0 Å². The molecule has 0 aliphatic heterocycles. The third kappa shape index (κ3) is 7.40. The Morgan fingerprint density at radius 3 is 2.03 bits per heavy atom. The zero-order valence-corrected chi connectivity index (χ0v) is 20.2. The molecule has 2 unspecified atom stereocenters. The number of methoxy groups -OCH3 is 1. The number of aryl methyl sites for hydroxylation is 2. The molecular formula is C27H38N2O3. The Bertz CT molecular complexity index is 846. The maximum Gasteiger partial charge on any atom is 0.243 e. The Hall–Kier alpha value is -2.82. The average Bonchev–Trinajstić information content (AvgIpc) is 2.82. The molecule has 0 fully saturated rings. The van der Waals surface area contributed by atoms with Crippen LogP contribution in [0.3, 0.4) is 0 Å². The van der Waals surface area contributed by atoms with Gasteiger partial charge in [-0.2, -0.15) is 0 Å². The number of nitrogens with one attached hydrogen (secondary N) is 1. The average molecular weight is 439 g/mol. The summed E-state index contributed by atoms with van der Waals surface area (Å²) in [5.74, 6) is 0.672. The van der Waals surface area contributed by atoms with Crippen LogP contribution in [0.2, 0.25) is 0 Å². The third-order valence-corrected chi connectivity index (χ3v) is 5.96. The lowest BCUT2D eigenvalue weighted by Crippen LogP contribution is -2.50. The highest BCUT2D eigenvalue weighted by Gasteiger charge is 2.29. The Morgan fingerprint density at radius 2 is 1.50 bits per heavy atom. The van der Waals surface area contributed by atoms with Gasteiger partial charge in [-0.25, -0.2) is 0 Å². The molecule has 0 spiro atoms. The Labute approximate surface area is 193 Å². The molecule has 5 heteroatoms. The molecule has 0 bridgehead atoms. The second-order valence-corrected chi connectivity index (χ2v) is 8.28. The number of amides is 2. The quantitative estimate of drug-likeness (QED) is 0.512. The Kier molecular flexibility index (Phi) is 10.3. The second kappa shape index (κ2) is 12.9. The van der Waals surface area contributed by atoms with Crippen molar-refractivity contribution in [3.05, 3.63) is 65.2 Å². The lowest BCUT2D eigenvalue weighted by Gasteiger charge is -2.31. The standard InChI is InChI=1S/C27H38N2O3/c1-6-20(4)28-27(31)25(8-3)29(19-23-13-16-24(32-5)17-14-23)26(30)18-15-22-11-9-21(7-2)10-12-22/h9-14,16-17,20,25H,6-8,15,18-19H2,1-5H3,(H,28,31). The van der Waals surface area contributed by atoms with Crippen LogP contribution in [-0.2, 0) is 29.0 Å². The molecule has 2 aromatic carbocycles. The number of ether oxygens (including phenoxy) is 1. The fourth-order valence-electron chi connectivity index (χ4n) is 3.62. The highest BCUT2D eigenvalue weighted by Crippen LogP contribution is 2.18. The van der Waals surface area contributed by atoms with Crippen LogP contribution < -0.4 is 10.1 Å². The molecule has 0 aromatic heterocycles. The van der Waals surface area contributed by atoms with Crippen molar-refractivity contribution in [2.75, 3.05) is 7.11 Å². The lowest BCUT2D eigenvalue weighted by molar-refractivity contribution is -0.141. The third-order valence-electron chi connectivity index (χ3n) is 5.96. The van der Waals surface area contributed by atoms with Gasteiger partial charge < -0.3 is 15.0 Å². The van der Waals surface area contributed by atoms with Crippen molar-refractivity contribution in [1.82, 2.24) is 10.2 Å². The summed E-state index contributed by atoms with van der Waals surface area (Å²) < 4.78 is 5.24. The van der Waals surface area contributed by atoms with Crippen LogP contribution in [0.4, 0.5) is 0 Å². The largest absolute Gasteiger partial charge is 0.497 e. The fraction of sp³-hybridized carbons (Fsp3) is 0.481. The first-order valence-electron chi connectivity index (χ1n) is 11.7. The molecular weight excluding hydrogens is 400 g/mol. The lowest BCUT2D eigenvalue weighted by atomic mass is 10.0. The van der Waals surface area contributed by atoms with E-state index in [9.17, 15) is 9.59 Å². The smallest absolute Gasteiger partial charge is 0.243 e. The number of rotatable bonds is 12. The highest BCUT2D eigenvalue weighted by atomic mass is 16.5. The van der Waals surface area contributed by atoms with Gasteiger partial charge in [-0.3, -0.25) is 9.59 Å². The molecule has 0 saturated carbocycles. The first-order valence-corrected chi connectivity index (χ1v) is 11.7. The van der Waals surface area contributed by atoms with Crippen LogP contribution >= 0.6 is 0 Å². The van der Waals surface area contributed by atoms with Gasteiger partial charge >= 0.3 is 0 Å². The van der Waals surface area contributed by atoms with Crippen molar-refractivity contribution in [1.29, 1.82) is 0 Å². The first-order chi connectivity index (χ1) is 15.4. The minimum Gasteiger partial charge on any atom is -0.497 e. The van der Waals surface area contributed by atoms with E-state index in [0.29, 0.717) is 25.8 Å². The molecule has 2 atom stereocenters. The predicted octanol–water partition coefficient (Wildman–Crippen LogP) is 4.91. The van der Waals surface area contributed by atoms with Crippen LogP contribution in [0.5, 0.6) is 5.75 Å². The van der Waals surface area contributed by atoms with Crippen molar-refractivity contribution in [3.63, 3.8) is 0 Å². The maximum atomic E-state index is 13.3. The van der Waals surface area contributed by atoms with E-state index in [1.54, 1.807) is 12.0 Å². The summed E-state index contributed by atoms with van der Waals surface area (Å²) in [6.07, 6.45) is 3.44. The fourth-order valence-corrected chi connectivity index (χ4v) is 3.62. The van der Waals surface area contributed by atoms with Crippen molar-refractivity contribution >= 4 is 11.8 Å². The molecule has 0 aliphatic rings. The van der Waals surface area contributed by atoms with E-state index >= 15 is 0 Å². The summed E-state index contributed by atoms with van der Waals surface area (Å²) in [5.41, 5.74) is 3.40. The van der Waals surface area contributed by atoms with Gasteiger partial charge in [0.05, 0.1) is 7.11 Å². The normalized spacial score (nSPS) is 12.7. The molecule has 174 valence electrons. The molecule has 0 radical (unpaired) electrons. The minimum atomic E-state index is -0.499. The SMILES string of the molecule is CCc1ccc(CCC(=O)N(Cc2ccc(OC)cc2)C(CC)C(=O)NC(C)CC)cc1. The number of carbonyl (C=O) groups excluding carboxylic acids is 2. The summed E-state index contributed by atoms with van der Waals surface area (Å²) in [6.45, 7) is 8.50. The number of benzene rings is 2. The van der Waals surface area contributed by atoms with Gasteiger partial charge in [0.15, 0.2) is 0 Å². The number of hydrogen-bond donors (Lipinski definition) is 1. The van der Waals surface area contributed by atoms with E-state index in [0.717, 1.165) is 29.7 Å². The molecule has 32 heavy (non-hydrogen) atoms. The monoisotopic (exact) mass is 438 g/mol. The van der Waals surface area contributed by atoms with Crippen LogP contribution in [0, 0.1) is 0 Å². The van der Waals surface area contributed by atoms with E-state index in [2.05, 4.69) is 36.5 Å². The molecule has 2 amide bonds. The van der Waals surface area contributed by atoms with Gasteiger partial charge in [0.25, 0.3) is 0 Å². The second-order valence-electron chi connectivity index (χ2n) is 8.28. The van der Waals surface area contributed by atoms with Crippen molar-refractivity contribution in [3.8, 4) is 5.75 Å². The van der Waals surface area contributed by atoms with Gasteiger partial charge in [-0.05, 0) is 61.4 Å². The summed E-state index contributed by atoms with van der Waals surface area (Å²) in [6, 6.07) is 15.6. The molecule has 0 heterocycles. The van der Waals surface area contributed by atoms with E-state index in [1.165, 1.54) is 5.56 Å². The van der Waals surface area contributed by atoms with Crippen molar-refractivity contribution < 1.29 is 14.3 Å². The van der Waals surface area contributed by atoms with Gasteiger partial charge in [0, 0.05) is 19.0 Å². The molecule has 0 saturated heterocycles. The van der Waals surface area contributed by atoms with Gasteiger partial charge in [0.1, 0.15) is 11.8 Å². The summed E-state index contributed by atoms with van der Waals surface area (Å²) in [4.78, 5) is 28.1. The van der Waals surface area contributed by atoms with E-state index < -0.39 is 6.04 Å². The Balaban J connectivity index is 2.19. The summed E-state index contributed by atoms with van der Waals surface area (Å²) >= 11 is 0. The number of nitrogens with zero attached hydrogens (tertiary/aromatic N) is 1. The Morgan fingerprint density at radius 1 is 0.906 bits per heavy atom. The van der Waals surface area contributed by atoms with Gasteiger partial charge in [-0.15, -0.1) is 0 Å². The summed E-state index contributed by atoms with van der Waals surface area (Å²) in [7, 11) is 1.63. The zero-order chi connectivity index (χ0) is 23.5.